The number of carbonyl (C=O) groups is 1. The average molecular weight is 343 g/mol. The molecule has 1 N–H and O–H groups in total. The van der Waals surface area contributed by atoms with E-state index in [9.17, 15) is 4.79 Å². The first-order valence-corrected chi connectivity index (χ1v) is 8.29. The molecule has 1 atom stereocenters. The summed E-state index contributed by atoms with van der Waals surface area (Å²) >= 11 is 0. The van der Waals surface area contributed by atoms with Gasteiger partial charge in [0.2, 0.25) is 0 Å². The van der Waals surface area contributed by atoms with E-state index in [2.05, 4.69) is 15.3 Å². The van der Waals surface area contributed by atoms with Crippen LogP contribution in [0.2, 0.25) is 0 Å². The van der Waals surface area contributed by atoms with Crippen molar-refractivity contribution >= 4 is 27.5 Å². The van der Waals surface area contributed by atoms with E-state index in [1.807, 2.05) is 60.7 Å². The summed E-state index contributed by atoms with van der Waals surface area (Å²) in [5.41, 5.74) is 1.03. The lowest BCUT2D eigenvalue weighted by molar-refractivity contribution is 0.0560. The summed E-state index contributed by atoms with van der Waals surface area (Å²) in [7, 11) is 1.55. The zero-order valence-electron chi connectivity index (χ0n) is 14.2. The molecule has 5 nitrogen and oxygen atoms in total. The summed E-state index contributed by atoms with van der Waals surface area (Å²) in [6.07, 6.45) is 2.68. The fourth-order valence-corrected chi connectivity index (χ4v) is 3.08. The Hall–Kier alpha value is -3.31. The molecule has 26 heavy (non-hydrogen) atoms. The summed E-state index contributed by atoms with van der Waals surface area (Å²) in [5, 5.41) is 6.64. The van der Waals surface area contributed by atoms with E-state index in [-0.39, 0.29) is 5.91 Å². The van der Waals surface area contributed by atoms with E-state index in [1.54, 1.807) is 19.5 Å². The van der Waals surface area contributed by atoms with Crippen LogP contribution >= 0.6 is 0 Å². The number of nitrogens with one attached hydrogen (secondary N) is 1. The second-order valence-electron chi connectivity index (χ2n) is 5.89. The molecule has 0 bridgehead atoms. The topological polar surface area (TPSA) is 64.1 Å². The van der Waals surface area contributed by atoms with E-state index < -0.39 is 6.23 Å². The molecule has 128 valence electrons. The summed E-state index contributed by atoms with van der Waals surface area (Å²) in [5.74, 6) is -0.302. The summed E-state index contributed by atoms with van der Waals surface area (Å²) < 4.78 is 5.53. The van der Waals surface area contributed by atoms with Crippen molar-refractivity contribution in [3.63, 3.8) is 0 Å². The SMILES string of the molecule is COC(NC(=O)c1nccc2ccccc12)c1nccc2ccccc12. The van der Waals surface area contributed by atoms with Gasteiger partial charge in [-0.3, -0.25) is 14.8 Å². The van der Waals surface area contributed by atoms with Gasteiger partial charge >= 0.3 is 0 Å². The third-order valence-corrected chi connectivity index (χ3v) is 4.34. The van der Waals surface area contributed by atoms with Crippen molar-refractivity contribution in [2.75, 3.05) is 7.11 Å². The van der Waals surface area contributed by atoms with Crippen molar-refractivity contribution in [1.82, 2.24) is 15.3 Å². The maximum Gasteiger partial charge on any atom is 0.272 e. The number of fused-ring (bicyclic) bond motifs is 2. The first-order valence-electron chi connectivity index (χ1n) is 8.29. The monoisotopic (exact) mass is 343 g/mol. The molecule has 1 amide bonds. The molecular formula is C21H17N3O2. The van der Waals surface area contributed by atoms with Crippen LogP contribution in [0.3, 0.4) is 0 Å². The molecule has 0 aliphatic carbocycles. The molecule has 0 fully saturated rings. The molecule has 2 heterocycles. The summed E-state index contributed by atoms with van der Waals surface area (Å²) in [6, 6.07) is 19.3. The number of methoxy groups -OCH3 is 1. The van der Waals surface area contributed by atoms with Crippen LogP contribution in [-0.2, 0) is 4.74 Å². The van der Waals surface area contributed by atoms with Gasteiger partial charge in [0.1, 0.15) is 5.69 Å². The van der Waals surface area contributed by atoms with Crippen molar-refractivity contribution < 1.29 is 9.53 Å². The Balaban J connectivity index is 1.71. The molecule has 1 unspecified atom stereocenters. The standard InChI is InChI=1S/C21H17N3O2/c1-26-21(19-17-9-5-3-7-15(17)11-13-23-19)24-20(25)18-16-8-4-2-6-14(16)10-12-22-18/h2-13,21H,1H3,(H,24,25). The van der Waals surface area contributed by atoms with Crippen molar-refractivity contribution in [2.24, 2.45) is 0 Å². The van der Waals surface area contributed by atoms with Gasteiger partial charge in [-0.2, -0.15) is 0 Å². The Kier molecular flexibility index (Phi) is 4.29. The quantitative estimate of drug-likeness (QED) is 0.572. The number of pyridine rings is 2. The summed E-state index contributed by atoms with van der Waals surface area (Å²) in [4.78, 5) is 21.5. The van der Waals surface area contributed by atoms with Gasteiger partial charge in [0, 0.05) is 30.3 Å². The van der Waals surface area contributed by atoms with E-state index in [4.69, 9.17) is 4.74 Å². The molecule has 0 aliphatic heterocycles. The van der Waals surface area contributed by atoms with Crippen LogP contribution < -0.4 is 5.32 Å². The maximum absolute atomic E-state index is 12.9. The number of rotatable bonds is 4. The second-order valence-corrected chi connectivity index (χ2v) is 5.89. The highest BCUT2D eigenvalue weighted by Gasteiger charge is 2.20. The average Bonchev–Trinajstić information content (AvgIpc) is 2.71. The summed E-state index contributed by atoms with van der Waals surface area (Å²) in [6.45, 7) is 0. The number of nitrogens with zero attached hydrogens (tertiary/aromatic N) is 2. The molecule has 0 aliphatic rings. The Bertz CT molecular complexity index is 1080. The highest BCUT2D eigenvalue weighted by Crippen LogP contribution is 2.23. The van der Waals surface area contributed by atoms with Gasteiger partial charge in [0.05, 0.1) is 5.69 Å². The normalized spacial score (nSPS) is 12.2. The minimum Gasteiger partial charge on any atom is -0.356 e. The maximum atomic E-state index is 12.9. The first kappa shape index (κ1) is 16.2. The Morgan fingerprint density at radius 1 is 0.885 bits per heavy atom. The number of hydrogen-bond donors (Lipinski definition) is 1. The Labute approximate surface area is 150 Å². The highest BCUT2D eigenvalue weighted by molar-refractivity contribution is 6.05. The lowest BCUT2D eigenvalue weighted by Crippen LogP contribution is -2.31. The molecule has 0 saturated heterocycles. The van der Waals surface area contributed by atoms with E-state index >= 15 is 0 Å². The minimum absolute atomic E-state index is 0.302. The van der Waals surface area contributed by atoms with Crippen LogP contribution in [0.1, 0.15) is 22.4 Å². The van der Waals surface area contributed by atoms with E-state index in [0.29, 0.717) is 11.4 Å². The molecule has 4 rings (SSSR count). The van der Waals surface area contributed by atoms with Crippen LogP contribution in [0.4, 0.5) is 0 Å². The van der Waals surface area contributed by atoms with Gasteiger partial charge in [0.15, 0.2) is 6.23 Å². The number of amides is 1. The second kappa shape index (κ2) is 6.90. The largest absolute Gasteiger partial charge is 0.356 e. The van der Waals surface area contributed by atoms with Gasteiger partial charge in [-0.25, -0.2) is 0 Å². The minimum atomic E-state index is -0.672. The third-order valence-electron chi connectivity index (χ3n) is 4.34. The number of benzene rings is 2. The van der Waals surface area contributed by atoms with Gasteiger partial charge in [-0.1, -0.05) is 48.5 Å². The lowest BCUT2D eigenvalue weighted by Gasteiger charge is -2.18. The number of aromatic nitrogens is 2. The van der Waals surface area contributed by atoms with Gasteiger partial charge in [-0.05, 0) is 22.9 Å². The van der Waals surface area contributed by atoms with Crippen LogP contribution in [0.15, 0.2) is 73.1 Å². The molecule has 4 aromatic rings. The zero-order chi connectivity index (χ0) is 17.9. The fraction of sp³-hybridized carbons (Fsp3) is 0.0952. The van der Waals surface area contributed by atoms with Crippen molar-refractivity contribution in [2.45, 2.75) is 6.23 Å². The van der Waals surface area contributed by atoms with E-state index in [1.165, 1.54) is 0 Å². The lowest BCUT2D eigenvalue weighted by atomic mass is 10.1. The fourth-order valence-electron chi connectivity index (χ4n) is 3.08. The predicted octanol–water partition coefficient (Wildman–Crippen LogP) is 3.86. The molecule has 5 heteroatoms. The van der Waals surface area contributed by atoms with Crippen molar-refractivity contribution in [3.05, 3.63) is 84.4 Å². The molecule has 2 aromatic carbocycles. The molecule has 0 saturated carbocycles. The Morgan fingerprint density at radius 3 is 2.23 bits per heavy atom. The third kappa shape index (κ3) is 2.89. The molecule has 0 radical (unpaired) electrons. The number of carbonyl (C=O) groups excluding carboxylic acids is 1. The van der Waals surface area contributed by atoms with Crippen LogP contribution in [0, 0.1) is 0 Å². The molecule has 2 aromatic heterocycles. The molecular weight excluding hydrogens is 326 g/mol. The number of ether oxygens (including phenoxy) is 1. The van der Waals surface area contributed by atoms with Crippen LogP contribution in [-0.4, -0.2) is 23.0 Å². The Morgan fingerprint density at radius 2 is 1.50 bits per heavy atom. The smallest absolute Gasteiger partial charge is 0.272 e. The van der Waals surface area contributed by atoms with Crippen LogP contribution in [0.25, 0.3) is 21.5 Å². The number of hydrogen-bond acceptors (Lipinski definition) is 4. The van der Waals surface area contributed by atoms with Gasteiger partial charge in [-0.15, -0.1) is 0 Å². The zero-order valence-corrected chi connectivity index (χ0v) is 14.2. The first-order chi connectivity index (χ1) is 12.8. The van der Waals surface area contributed by atoms with Gasteiger partial charge < -0.3 is 10.1 Å². The predicted molar refractivity (Wildman–Crippen MR) is 101 cm³/mol. The van der Waals surface area contributed by atoms with E-state index in [0.717, 1.165) is 21.5 Å². The molecule has 0 spiro atoms. The van der Waals surface area contributed by atoms with Crippen molar-refractivity contribution in [3.8, 4) is 0 Å². The van der Waals surface area contributed by atoms with Gasteiger partial charge in [0.25, 0.3) is 5.91 Å². The van der Waals surface area contributed by atoms with Crippen LogP contribution in [0.5, 0.6) is 0 Å². The van der Waals surface area contributed by atoms with Crippen molar-refractivity contribution in [1.29, 1.82) is 0 Å². The highest BCUT2D eigenvalue weighted by atomic mass is 16.5.